The number of carbonyl (C=O) groups excluding carboxylic acids is 3. The molecule has 0 bridgehead atoms. The van der Waals surface area contributed by atoms with Gasteiger partial charge in [-0.3, -0.25) is 14.4 Å². The third-order valence-electron chi connectivity index (χ3n) is 6.99. The first-order valence-corrected chi connectivity index (χ1v) is 9.56. The Balaban J connectivity index is 1.34. The average molecular weight is 353 g/mol. The van der Waals surface area contributed by atoms with E-state index in [9.17, 15) is 14.4 Å². The number of nitrogens with one attached hydrogen (secondary N) is 2. The van der Waals surface area contributed by atoms with Gasteiger partial charge in [0.15, 0.2) is 0 Å². The summed E-state index contributed by atoms with van der Waals surface area (Å²) in [7, 11) is 0. The summed E-state index contributed by atoms with van der Waals surface area (Å²) in [6.45, 7) is 1.70. The van der Waals surface area contributed by atoms with Crippen molar-refractivity contribution in [1.29, 1.82) is 0 Å². The number of amides is 3. The van der Waals surface area contributed by atoms with Crippen LogP contribution in [-0.2, 0) is 26.3 Å². The number of likely N-dealkylation sites (tertiary alicyclic amines) is 1. The first-order valence-electron chi connectivity index (χ1n) is 9.56. The molecule has 0 radical (unpaired) electrons. The van der Waals surface area contributed by atoms with Crippen LogP contribution in [0.5, 0.6) is 0 Å². The highest BCUT2D eigenvalue weighted by molar-refractivity contribution is 5.94. The molecule has 6 heteroatoms. The van der Waals surface area contributed by atoms with Crippen molar-refractivity contribution in [2.24, 2.45) is 11.8 Å². The van der Waals surface area contributed by atoms with E-state index < -0.39 is 5.41 Å². The smallest absolute Gasteiger partial charge is 0.245 e. The Morgan fingerprint density at radius 2 is 1.88 bits per heavy atom. The van der Waals surface area contributed by atoms with Crippen LogP contribution in [0.15, 0.2) is 24.3 Å². The van der Waals surface area contributed by atoms with E-state index in [0.717, 1.165) is 18.4 Å². The summed E-state index contributed by atoms with van der Waals surface area (Å²) in [6, 6.07) is 7.76. The molecule has 3 heterocycles. The molecule has 26 heavy (non-hydrogen) atoms. The van der Waals surface area contributed by atoms with E-state index in [4.69, 9.17) is 0 Å². The van der Waals surface area contributed by atoms with E-state index in [1.54, 1.807) is 0 Å². The van der Waals surface area contributed by atoms with E-state index in [2.05, 4.69) is 22.8 Å². The molecule has 2 saturated heterocycles. The SMILES string of the molecule is O=C1N[C@@H](C(=O)N2CCC3(CC2)C(=O)NCc2ccccc23)[C@@H]2CC[C@H]12. The Morgan fingerprint density at radius 1 is 1.12 bits per heavy atom. The van der Waals surface area contributed by atoms with Gasteiger partial charge in [-0.2, -0.15) is 0 Å². The molecule has 1 saturated carbocycles. The second-order valence-electron chi connectivity index (χ2n) is 8.08. The summed E-state index contributed by atoms with van der Waals surface area (Å²) in [6.07, 6.45) is 3.13. The zero-order valence-electron chi connectivity index (χ0n) is 14.7. The molecule has 1 aromatic rings. The molecule has 5 rings (SSSR count). The molecule has 3 aliphatic heterocycles. The first kappa shape index (κ1) is 15.9. The second-order valence-corrected chi connectivity index (χ2v) is 8.08. The maximum Gasteiger partial charge on any atom is 0.245 e. The lowest BCUT2D eigenvalue weighted by molar-refractivity contribution is -0.140. The third kappa shape index (κ3) is 2.07. The van der Waals surface area contributed by atoms with E-state index >= 15 is 0 Å². The van der Waals surface area contributed by atoms with Crippen LogP contribution in [0.3, 0.4) is 0 Å². The largest absolute Gasteiger partial charge is 0.351 e. The molecule has 4 aliphatic rings. The maximum atomic E-state index is 12.9. The van der Waals surface area contributed by atoms with Gasteiger partial charge in [0.05, 0.1) is 5.41 Å². The first-order chi connectivity index (χ1) is 12.6. The van der Waals surface area contributed by atoms with Crippen molar-refractivity contribution in [3.05, 3.63) is 35.4 Å². The number of rotatable bonds is 1. The molecule has 6 nitrogen and oxygen atoms in total. The molecular formula is C20H23N3O3. The van der Waals surface area contributed by atoms with Crippen LogP contribution in [-0.4, -0.2) is 41.8 Å². The summed E-state index contributed by atoms with van der Waals surface area (Å²) in [4.78, 5) is 39.5. The number of benzene rings is 1. The van der Waals surface area contributed by atoms with Gasteiger partial charge in [-0.05, 0) is 42.7 Å². The van der Waals surface area contributed by atoms with Crippen molar-refractivity contribution in [2.45, 2.75) is 43.7 Å². The third-order valence-corrected chi connectivity index (χ3v) is 6.99. The predicted octanol–water partition coefficient (Wildman–Crippen LogP) is 0.701. The monoisotopic (exact) mass is 353 g/mol. The van der Waals surface area contributed by atoms with Gasteiger partial charge in [-0.1, -0.05) is 24.3 Å². The molecule has 3 amide bonds. The van der Waals surface area contributed by atoms with Crippen LogP contribution >= 0.6 is 0 Å². The van der Waals surface area contributed by atoms with Gasteiger partial charge >= 0.3 is 0 Å². The van der Waals surface area contributed by atoms with Gasteiger partial charge in [0.2, 0.25) is 17.7 Å². The summed E-state index contributed by atoms with van der Waals surface area (Å²) < 4.78 is 0. The Bertz CT molecular complexity index is 797. The highest BCUT2D eigenvalue weighted by atomic mass is 16.2. The Hall–Kier alpha value is -2.37. The summed E-state index contributed by atoms with van der Waals surface area (Å²) in [5.41, 5.74) is 1.76. The molecule has 136 valence electrons. The van der Waals surface area contributed by atoms with Crippen LogP contribution in [0.1, 0.15) is 36.8 Å². The number of piperidine rings is 1. The summed E-state index contributed by atoms with van der Waals surface area (Å²) in [5.74, 6) is 0.357. The molecule has 0 aromatic heterocycles. The minimum Gasteiger partial charge on any atom is -0.351 e. The topological polar surface area (TPSA) is 78.5 Å². The van der Waals surface area contributed by atoms with Crippen LogP contribution < -0.4 is 10.6 Å². The zero-order chi connectivity index (χ0) is 17.9. The second kappa shape index (κ2) is 5.56. The van der Waals surface area contributed by atoms with Gasteiger partial charge in [0.1, 0.15) is 6.04 Å². The Morgan fingerprint density at radius 3 is 2.58 bits per heavy atom. The lowest BCUT2D eigenvalue weighted by Gasteiger charge is -2.45. The molecular weight excluding hydrogens is 330 g/mol. The van der Waals surface area contributed by atoms with Crippen LogP contribution in [0.25, 0.3) is 0 Å². The minimum atomic E-state index is -0.524. The number of fused-ring (bicyclic) bond motifs is 3. The normalized spacial score (nSPS) is 31.5. The Labute approximate surface area is 152 Å². The zero-order valence-corrected chi connectivity index (χ0v) is 14.7. The molecule has 1 spiro atoms. The predicted molar refractivity (Wildman–Crippen MR) is 93.9 cm³/mol. The van der Waals surface area contributed by atoms with Crippen molar-refractivity contribution >= 4 is 17.7 Å². The fourth-order valence-electron chi connectivity index (χ4n) is 5.27. The van der Waals surface area contributed by atoms with Crippen molar-refractivity contribution in [2.75, 3.05) is 13.1 Å². The van der Waals surface area contributed by atoms with Crippen molar-refractivity contribution in [1.82, 2.24) is 15.5 Å². The molecule has 3 atom stereocenters. The van der Waals surface area contributed by atoms with Crippen molar-refractivity contribution in [3.63, 3.8) is 0 Å². The standard InChI is InChI=1S/C20H23N3O3/c24-17-14-6-5-13(14)16(22-17)18(25)23-9-7-20(8-10-23)15-4-2-1-3-12(15)11-21-19(20)26/h1-4,13-14,16H,5-11H2,(H,21,26)(H,22,24)/t13-,14+,16-/m1/s1. The van der Waals surface area contributed by atoms with Gasteiger partial charge in [-0.15, -0.1) is 0 Å². The number of nitrogens with zero attached hydrogens (tertiary/aromatic N) is 1. The lowest BCUT2D eigenvalue weighted by atomic mass is 9.68. The number of carbonyl (C=O) groups is 3. The van der Waals surface area contributed by atoms with Crippen molar-refractivity contribution in [3.8, 4) is 0 Å². The molecule has 1 aliphatic carbocycles. The maximum absolute atomic E-state index is 12.9. The fraction of sp³-hybridized carbons (Fsp3) is 0.550. The average Bonchev–Trinajstić information content (AvgIpc) is 2.86. The van der Waals surface area contributed by atoms with Crippen molar-refractivity contribution < 1.29 is 14.4 Å². The van der Waals surface area contributed by atoms with Gasteiger partial charge in [0.25, 0.3) is 0 Å². The summed E-state index contributed by atoms with van der Waals surface area (Å²) >= 11 is 0. The van der Waals surface area contributed by atoms with Crippen LogP contribution in [0, 0.1) is 11.8 Å². The van der Waals surface area contributed by atoms with Gasteiger partial charge < -0.3 is 15.5 Å². The van der Waals surface area contributed by atoms with E-state index in [1.165, 1.54) is 5.56 Å². The van der Waals surface area contributed by atoms with E-state index in [-0.39, 0.29) is 35.6 Å². The molecule has 1 aromatic carbocycles. The summed E-state index contributed by atoms with van der Waals surface area (Å²) in [5, 5.41) is 5.93. The fourth-order valence-corrected chi connectivity index (χ4v) is 5.27. The number of hydrogen-bond donors (Lipinski definition) is 2. The van der Waals surface area contributed by atoms with E-state index in [0.29, 0.717) is 32.5 Å². The Kier molecular flexibility index (Phi) is 3.39. The van der Waals surface area contributed by atoms with Crippen LogP contribution in [0.2, 0.25) is 0 Å². The quantitative estimate of drug-likeness (QED) is 0.780. The van der Waals surface area contributed by atoms with Crippen LogP contribution in [0.4, 0.5) is 0 Å². The lowest BCUT2D eigenvalue weighted by Crippen LogP contribution is -2.57. The molecule has 0 unspecified atom stereocenters. The highest BCUT2D eigenvalue weighted by Crippen LogP contribution is 2.43. The highest BCUT2D eigenvalue weighted by Gasteiger charge is 2.53. The molecule has 3 fully saturated rings. The molecule has 2 N–H and O–H groups in total. The number of hydrogen-bond acceptors (Lipinski definition) is 3. The van der Waals surface area contributed by atoms with E-state index in [1.807, 2.05) is 17.0 Å². The van der Waals surface area contributed by atoms with Gasteiger partial charge in [-0.25, -0.2) is 0 Å². The minimum absolute atomic E-state index is 0.0323. The van der Waals surface area contributed by atoms with Gasteiger partial charge in [0, 0.05) is 25.6 Å².